The maximum atomic E-state index is 13.2. The number of carbonyl (C=O) groups is 1. The lowest BCUT2D eigenvalue weighted by Crippen LogP contribution is -2.27. The Morgan fingerprint density at radius 3 is 2.45 bits per heavy atom. The summed E-state index contributed by atoms with van der Waals surface area (Å²) < 4.78 is 2.34. The van der Waals surface area contributed by atoms with Gasteiger partial charge in [0.2, 0.25) is 0 Å². The molecular formula is C33H32N4O. The van der Waals surface area contributed by atoms with E-state index in [1.165, 1.54) is 40.8 Å². The van der Waals surface area contributed by atoms with Gasteiger partial charge in [0, 0.05) is 40.8 Å². The Kier molecular flexibility index (Phi) is 6.28. The van der Waals surface area contributed by atoms with Gasteiger partial charge in [-0.25, -0.2) is 0 Å². The largest absolute Gasteiger partial charge is 0.344 e. The van der Waals surface area contributed by atoms with Gasteiger partial charge >= 0.3 is 0 Å². The van der Waals surface area contributed by atoms with Crippen molar-refractivity contribution in [3.05, 3.63) is 119 Å². The van der Waals surface area contributed by atoms with E-state index in [0.717, 1.165) is 28.8 Å². The molecule has 0 bridgehead atoms. The molecule has 5 heteroatoms. The fourth-order valence-corrected chi connectivity index (χ4v) is 5.15. The standard InChI is InChI=1S/C33H32N4O/c1-21-23(3)37(20-24-9-11-26(12-10-24)25-7-5-4-6-8-25)32-16-15-28(17-29(21)32)33(38)35-22(2)30-18-34-19-31(36-30)27-13-14-27/h4-12,15-19,22,27H,13-14,20H2,1-3H3,(H,35,38)/t22-/m0/s1. The molecule has 1 atom stereocenters. The molecule has 2 aromatic heterocycles. The lowest BCUT2D eigenvalue weighted by atomic mass is 10.0. The maximum Gasteiger partial charge on any atom is 0.251 e. The molecule has 0 saturated heterocycles. The molecule has 1 N–H and O–H groups in total. The summed E-state index contributed by atoms with van der Waals surface area (Å²) in [5.74, 6) is 0.434. The van der Waals surface area contributed by atoms with E-state index in [2.05, 4.69) is 83.3 Å². The second-order valence-corrected chi connectivity index (χ2v) is 10.4. The number of amides is 1. The van der Waals surface area contributed by atoms with E-state index in [4.69, 9.17) is 4.98 Å². The summed E-state index contributed by atoms with van der Waals surface area (Å²) in [4.78, 5) is 22.3. The molecule has 6 rings (SSSR count). The van der Waals surface area contributed by atoms with Gasteiger partial charge in [0.25, 0.3) is 5.91 Å². The van der Waals surface area contributed by atoms with Crippen molar-refractivity contribution < 1.29 is 4.79 Å². The van der Waals surface area contributed by atoms with Crippen molar-refractivity contribution in [1.29, 1.82) is 0 Å². The first-order valence-electron chi connectivity index (χ1n) is 13.3. The number of carbonyl (C=O) groups excluding carboxylic acids is 1. The normalized spacial score (nSPS) is 14.0. The zero-order valence-corrected chi connectivity index (χ0v) is 22.1. The van der Waals surface area contributed by atoms with Crippen LogP contribution in [0.25, 0.3) is 22.0 Å². The zero-order chi connectivity index (χ0) is 26.2. The van der Waals surface area contributed by atoms with Crippen molar-refractivity contribution in [3.63, 3.8) is 0 Å². The molecule has 3 aromatic carbocycles. The van der Waals surface area contributed by atoms with Gasteiger partial charge in [0.15, 0.2) is 0 Å². The summed E-state index contributed by atoms with van der Waals surface area (Å²) in [6.07, 6.45) is 5.95. The summed E-state index contributed by atoms with van der Waals surface area (Å²) in [5, 5.41) is 4.23. The van der Waals surface area contributed by atoms with Crippen molar-refractivity contribution in [2.24, 2.45) is 0 Å². The van der Waals surface area contributed by atoms with E-state index >= 15 is 0 Å². The van der Waals surface area contributed by atoms with Gasteiger partial charge in [-0.3, -0.25) is 14.8 Å². The lowest BCUT2D eigenvalue weighted by Gasteiger charge is -2.14. The van der Waals surface area contributed by atoms with Crippen LogP contribution in [0.15, 0.2) is 85.2 Å². The first-order chi connectivity index (χ1) is 18.5. The summed E-state index contributed by atoms with van der Waals surface area (Å²) >= 11 is 0. The van der Waals surface area contributed by atoms with Crippen LogP contribution >= 0.6 is 0 Å². The van der Waals surface area contributed by atoms with E-state index in [1.54, 1.807) is 6.20 Å². The Morgan fingerprint density at radius 1 is 0.974 bits per heavy atom. The third kappa shape index (κ3) is 4.72. The molecule has 190 valence electrons. The summed E-state index contributed by atoms with van der Waals surface area (Å²) in [6, 6.07) is 25.0. The Balaban J connectivity index is 1.21. The minimum absolute atomic E-state index is 0.0978. The van der Waals surface area contributed by atoms with Gasteiger partial charge in [-0.1, -0.05) is 54.6 Å². The van der Waals surface area contributed by atoms with Crippen LogP contribution in [0, 0.1) is 13.8 Å². The molecule has 0 unspecified atom stereocenters. The molecule has 1 aliphatic rings. The average molecular weight is 501 g/mol. The second-order valence-electron chi connectivity index (χ2n) is 10.4. The number of nitrogens with zero attached hydrogens (tertiary/aromatic N) is 3. The van der Waals surface area contributed by atoms with Crippen molar-refractivity contribution in [3.8, 4) is 11.1 Å². The van der Waals surface area contributed by atoms with Crippen molar-refractivity contribution in [2.75, 3.05) is 0 Å². The number of nitrogens with one attached hydrogen (secondary N) is 1. The number of fused-ring (bicyclic) bond motifs is 1. The zero-order valence-electron chi connectivity index (χ0n) is 22.1. The minimum atomic E-state index is -0.212. The Labute approximate surface area is 223 Å². The Morgan fingerprint density at radius 2 is 1.71 bits per heavy atom. The van der Waals surface area contributed by atoms with E-state index in [9.17, 15) is 4.79 Å². The summed E-state index contributed by atoms with van der Waals surface area (Å²) in [6.45, 7) is 7.03. The lowest BCUT2D eigenvalue weighted by molar-refractivity contribution is 0.0939. The first-order valence-corrected chi connectivity index (χ1v) is 13.3. The third-order valence-corrected chi connectivity index (χ3v) is 7.76. The van der Waals surface area contributed by atoms with Crippen LogP contribution in [0.4, 0.5) is 0 Å². The van der Waals surface area contributed by atoms with Crippen LogP contribution in [0.2, 0.25) is 0 Å². The molecule has 0 spiro atoms. The molecule has 2 heterocycles. The first kappa shape index (κ1) is 24.1. The highest BCUT2D eigenvalue weighted by atomic mass is 16.1. The summed E-state index contributed by atoms with van der Waals surface area (Å²) in [7, 11) is 0. The fourth-order valence-electron chi connectivity index (χ4n) is 5.15. The average Bonchev–Trinajstić information content (AvgIpc) is 3.78. The van der Waals surface area contributed by atoms with Gasteiger partial charge < -0.3 is 9.88 Å². The molecule has 1 amide bonds. The molecule has 1 aliphatic carbocycles. The van der Waals surface area contributed by atoms with Gasteiger partial charge in [-0.15, -0.1) is 0 Å². The molecule has 38 heavy (non-hydrogen) atoms. The van der Waals surface area contributed by atoms with E-state index < -0.39 is 0 Å². The Bertz CT molecular complexity index is 1610. The van der Waals surface area contributed by atoms with Gasteiger partial charge in [0.1, 0.15) is 0 Å². The highest BCUT2D eigenvalue weighted by Crippen LogP contribution is 2.38. The monoisotopic (exact) mass is 500 g/mol. The van der Waals surface area contributed by atoms with E-state index in [1.807, 2.05) is 31.3 Å². The predicted molar refractivity (Wildman–Crippen MR) is 152 cm³/mol. The number of hydrogen-bond acceptors (Lipinski definition) is 3. The SMILES string of the molecule is Cc1c(C)n(Cc2ccc(-c3ccccc3)cc2)c2ccc(C(=O)N[C@@H](C)c3cncc(C4CC4)n3)cc12. The van der Waals surface area contributed by atoms with Crippen LogP contribution in [0.1, 0.15) is 70.3 Å². The molecule has 1 saturated carbocycles. The third-order valence-electron chi connectivity index (χ3n) is 7.76. The number of benzene rings is 3. The number of rotatable bonds is 7. The highest BCUT2D eigenvalue weighted by Gasteiger charge is 2.26. The van der Waals surface area contributed by atoms with Crippen LogP contribution in [0.5, 0.6) is 0 Å². The molecule has 0 radical (unpaired) electrons. The van der Waals surface area contributed by atoms with Crippen molar-refractivity contribution in [1.82, 2.24) is 19.9 Å². The van der Waals surface area contributed by atoms with Gasteiger partial charge in [-0.2, -0.15) is 0 Å². The Hall–Kier alpha value is -4.25. The smallest absolute Gasteiger partial charge is 0.251 e. The topological polar surface area (TPSA) is 59.8 Å². The van der Waals surface area contributed by atoms with Crippen LogP contribution in [0.3, 0.4) is 0 Å². The van der Waals surface area contributed by atoms with Crippen LogP contribution in [-0.2, 0) is 6.54 Å². The molecule has 1 fully saturated rings. The van der Waals surface area contributed by atoms with E-state index in [0.29, 0.717) is 11.5 Å². The van der Waals surface area contributed by atoms with Gasteiger partial charge in [-0.05, 0) is 74.1 Å². The van der Waals surface area contributed by atoms with Crippen molar-refractivity contribution in [2.45, 2.75) is 52.1 Å². The van der Waals surface area contributed by atoms with Crippen molar-refractivity contribution >= 4 is 16.8 Å². The van der Waals surface area contributed by atoms with E-state index in [-0.39, 0.29) is 11.9 Å². The van der Waals surface area contributed by atoms with Crippen LogP contribution < -0.4 is 5.32 Å². The quantitative estimate of drug-likeness (QED) is 0.259. The predicted octanol–water partition coefficient (Wildman–Crippen LogP) is 7.13. The summed E-state index contributed by atoms with van der Waals surface area (Å²) in [5.41, 5.74) is 9.73. The number of aryl methyl sites for hydroxylation is 1. The fraction of sp³-hybridized carbons (Fsp3) is 0.242. The number of aromatic nitrogens is 3. The molecule has 0 aliphatic heterocycles. The number of hydrogen-bond donors (Lipinski definition) is 1. The molecule has 5 aromatic rings. The second kappa shape index (κ2) is 9.90. The van der Waals surface area contributed by atoms with Crippen LogP contribution in [-0.4, -0.2) is 20.4 Å². The molecular weight excluding hydrogens is 468 g/mol. The highest BCUT2D eigenvalue weighted by molar-refractivity contribution is 5.99. The maximum absolute atomic E-state index is 13.2. The minimum Gasteiger partial charge on any atom is -0.344 e. The van der Waals surface area contributed by atoms with Gasteiger partial charge in [0.05, 0.1) is 23.6 Å². The molecule has 5 nitrogen and oxygen atoms in total.